The Morgan fingerprint density at radius 2 is 2.08 bits per heavy atom. The summed E-state index contributed by atoms with van der Waals surface area (Å²) in [6.45, 7) is 1.87. The fourth-order valence-corrected chi connectivity index (χ4v) is 2.47. The lowest BCUT2D eigenvalue weighted by Crippen LogP contribution is -2.31. The smallest absolute Gasteiger partial charge is 0.254 e. The average molecular weight is 325 g/mol. The maximum atomic E-state index is 12.2. The quantitative estimate of drug-likeness (QED) is 0.745. The minimum absolute atomic E-state index is 0.251. The van der Waals surface area contributed by atoms with E-state index in [-0.39, 0.29) is 6.04 Å². The number of rotatable bonds is 5. The lowest BCUT2D eigenvalue weighted by atomic mass is 10.1. The molecule has 3 aromatic rings. The number of aromatic nitrogens is 4. The van der Waals surface area contributed by atoms with Gasteiger partial charge in [0.15, 0.2) is 6.10 Å². The highest BCUT2D eigenvalue weighted by Crippen LogP contribution is 2.18. The molecule has 24 heavy (non-hydrogen) atoms. The Morgan fingerprint density at radius 1 is 1.25 bits per heavy atom. The minimum atomic E-state index is -1.24. The Kier molecular flexibility index (Phi) is 4.43. The molecule has 1 amide bonds. The monoisotopic (exact) mass is 325 g/mol. The molecule has 124 valence electrons. The van der Waals surface area contributed by atoms with E-state index in [9.17, 15) is 9.90 Å². The van der Waals surface area contributed by atoms with Gasteiger partial charge in [-0.25, -0.2) is 4.68 Å². The van der Waals surface area contributed by atoms with Gasteiger partial charge in [-0.1, -0.05) is 12.1 Å². The second-order valence-electron chi connectivity index (χ2n) is 5.63. The molecule has 0 radical (unpaired) electrons. The van der Waals surface area contributed by atoms with E-state index in [2.05, 4.69) is 15.5 Å². The molecule has 2 N–H and O–H groups in total. The number of hydrogen-bond donors (Lipinski definition) is 2. The first-order chi connectivity index (χ1) is 11.5. The summed E-state index contributed by atoms with van der Waals surface area (Å²) < 4.78 is 3.30. The molecule has 0 bridgehead atoms. The summed E-state index contributed by atoms with van der Waals surface area (Å²) in [4.78, 5) is 12.2. The van der Waals surface area contributed by atoms with Crippen molar-refractivity contribution in [3.8, 4) is 5.69 Å². The molecule has 7 nitrogen and oxygen atoms in total. The Morgan fingerprint density at radius 3 is 2.75 bits per heavy atom. The normalized spacial score (nSPS) is 13.5. The molecule has 3 rings (SSSR count). The Hall–Kier alpha value is -2.93. The zero-order valence-electron chi connectivity index (χ0n) is 13.5. The number of aliphatic hydroxyl groups excluding tert-OH is 1. The Balaban J connectivity index is 1.71. The van der Waals surface area contributed by atoms with Crippen LogP contribution in [0.25, 0.3) is 5.69 Å². The molecule has 7 heteroatoms. The first-order valence-corrected chi connectivity index (χ1v) is 7.61. The first-order valence-electron chi connectivity index (χ1n) is 7.61. The lowest BCUT2D eigenvalue weighted by molar-refractivity contribution is -0.130. The van der Waals surface area contributed by atoms with E-state index in [1.807, 2.05) is 43.5 Å². The summed E-state index contributed by atoms with van der Waals surface area (Å²) in [6.07, 6.45) is 5.42. The van der Waals surface area contributed by atoms with E-state index < -0.39 is 12.0 Å². The van der Waals surface area contributed by atoms with Crippen LogP contribution in [-0.4, -0.2) is 30.6 Å². The van der Waals surface area contributed by atoms with Crippen molar-refractivity contribution in [3.05, 3.63) is 66.2 Å². The van der Waals surface area contributed by atoms with Crippen LogP contribution in [0, 0.1) is 0 Å². The van der Waals surface area contributed by atoms with Gasteiger partial charge in [0.2, 0.25) is 0 Å². The first kappa shape index (κ1) is 15.9. The maximum absolute atomic E-state index is 12.2. The second-order valence-corrected chi connectivity index (χ2v) is 5.63. The number of amides is 1. The molecule has 2 atom stereocenters. The third kappa shape index (κ3) is 3.36. The molecule has 2 heterocycles. The molecule has 0 spiro atoms. The van der Waals surface area contributed by atoms with Gasteiger partial charge in [0.1, 0.15) is 0 Å². The van der Waals surface area contributed by atoms with Gasteiger partial charge in [0, 0.05) is 31.2 Å². The maximum Gasteiger partial charge on any atom is 0.254 e. The van der Waals surface area contributed by atoms with Crippen molar-refractivity contribution in [2.75, 3.05) is 0 Å². The molecule has 0 aliphatic rings. The SMILES string of the molecule is C[C@@H](NC(=O)[C@H](O)c1cnn(C)c1)c1cccc(-n2cccn2)c1. The van der Waals surface area contributed by atoms with E-state index in [0.717, 1.165) is 11.3 Å². The number of aryl methyl sites for hydroxylation is 1. The summed E-state index contributed by atoms with van der Waals surface area (Å²) in [5.74, 6) is -0.458. The third-order valence-corrected chi connectivity index (χ3v) is 3.79. The fraction of sp³-hybridized carbons (Fsp3) is 0.235. The van der Waals surface area contributed by atoms with E-state index >= 15 is 0 Å². The van der Waals surface area contributed by atoms with Gasteiger partial charge >= 0.3 is 0 Å². The van der Waals surface area contributed by atoms with Crippen LogP contribution in [0.2, 0.25) is 0 Å². The summed E-state index contributed by atoms with van der Waals surface area (Å²) in [5.41, 5.74) is 2.30. The minimum Gasteiger partial charge on any atom is -0.378 e. The number of hydrogen-bond acceptors (Lipinski definition) is 4. The number of nitrogens with one attached hydrogen (secondary N) is 1. The second kappa shape index (κ2) is 6.67. The van der Waals surface area contributed by atoms with Crippen LogP contribution < -0.4 is 5.32 Å². The van der Waals surface area contributed by atoms with Crippen molar-refractivity contribution in [3.63, 3.8) is 0 Å². The number of benzene rings is 1. The van der Waals surface area contributed by atoms with Crippen molar-refractivity contribution in [2.45, 2.75) is 19.1 Å². The molecular weight excluding hydrogens is 306 g/mol. The summed E-state index contributed by atoms with van der Waals surface area (Å²) >= 11 is 0. The molecular formula is C17H19N5O2. The van der Waals surface area contributed by atoms with Crippen LogP contribution in [0.3, 0.4) is 0 Å². The van der Waals surface area contributed by atoms with E-state index in [1.165, 1.54) is 6.20 Å². The highest BCUT2D eigenvalue weighted by Gasteiger charge is 2.21. The summed E-state index contributed by atoms with van der Waals surface area (Å²) in [5, 5.41) is 21.1. The van der Waals surface area contributed by atoms with Crippen molar-refractivity contribution >= 4 is 5.91 Å². The summed E-state index contributed by atoms with van der Waals surface area (Å²) in [6, 6.07) is 9.33. The van der Waals surface area contributed by atoms with Crippen LogP contribution in [0.15, 0.2) is 55.1 Å². The molecule has 0 fully saturated rings. The van der Waals surface area contributed by atoms with Gasteiger partial charge in [0.25, 0.3) is 5.91 Å². The van der Waals surface area contributed by atoms with Gasteiger partial charge in [-0.3, -0.25) is 9.48 Å². The third-order valence-electron chi connectivity index (χ3n) is 3.79. The van der Waals surface area contributed by atoms with Crippen LogP contribution in [-0.2, 0) is 11.8 Å². The summed E-state index contributed by atoms with van der Waals surface area (Å²) in [7, 11) is 1.73. The van der Waals surface area contributed by atoms with Crippen molar-refractivity contribution in [2.24, 2.45) is 7.05 Å². The Labute approximate surface area is 139 Å². The van der Waals surface area contributed by atoms with Crippen molar-refractivity contribution in [1.82, 2.24) is 24.9 Å². The molecule has 0 unspecified atom stereocenters. The van der Waals surface area contributed by atoms with Gasteiger partial charge < -0.3 is 10.4 Å². The lowest BCUT2D eigenvalue weighted by Gasteiger charge is -2.17. The fourth-order valence-electron chi connectivity index (χ4n) is 2.47. The van der Waals surface area contributed by atoms with E-state index in [0.29, 0.717) is 5.56 Å². The van der Waals surface area contributed by atoms with Crippen LogP contribution in [0.4, 0.5) is 0 Å². The van der Waals surface area contributed by atoms with Crippen molar-refractivity contribution < 1.29 is 9.90 Å². The van der Waals surface area contributed by atoms with Crippen LogP contribution in [0.5, 0.6) is 0 Å². The standard InChI is InChI=1S/C17H19N5O2/c1-12(20-17(24)16(23)14-10-19-21(2)11-14)13-5-3-6-15(9-13)22-8-4-7-18-22/h3-12,16,23H,1-2H3,(H,20,24)/t12-,16-/m1/s1. The zero-order valence-corrected chi connectivity index (χ0v) is 13.5. The molecule has 2 aromatic heterocycles. The number of carbonyl (C=O) groups excluding carboxylic acids is 1. The van der Waals surface area contributed by atoms with Gasteiger partial charge in [-0.2, -0.15) is 10.2 Å². The highest BCUT2D eigenvalue weighted by atomic mass is 16.3. The number of aliphatic hydroxyl groups is 1. The molecule has 0 saturated carbocycles. The van der Waals surface area contributed by atoms with Crippen molar-refractivity contribution in [1.29, 1.82) is 0 Å². The Bertz CT molecular complexity index is 825. The average Bonchev–Trinajstić information content (AvgIpc) is 3.25. The van der Waals surface area contributed by atoms with E-state index in [4.69, 9.17) is 0 Å². The number of carbonyl (C=O) groups is 1. The van der Waals surface area contributed by atoms with Crippen LogP contribution in [0.1, 0.15) is 30.2 Å². The van der Waals surface area contributed by atoms with Gasteiger partial charge in [-0.05, 0) is 30.7 Å². The molecule has 0 aliphatic heterocycles. The molecule has 1 aromatic carbocycles. The van der Waals surface area contributed by atoms with E-state index in [1.54, 1.807) is 28.8 Å². The molecule has 0 aliphatic carbocycles. The molecule has 0 saturated heterocycles. The topological polar surface area (TPSA) is 85.0 Å². The predicted octanol–water partition coefficient (Wildman–Crippen LogP) is 1.52. The van der Waals surface area contributed by atoms with Crippen LogP contribution >= 0.6 is 0 Å². The predicted molar refractivity (Wildman–Crippen MR) is 88.3 cm³/mol. The largest absolute Gasteiger partial charge is 0.378 e. The zero-order chi connectivity index (χ0) is 17.1. The van der Waals surface area contributed by atoms with Gasteiger partial charge in [-0.15, -0.1) is 0 Å². The number of nitrogens with zero attached hydrogens (tertiary/aromatic N) is 4. The van der Waals surface area contributed by atoms with Gasteiger partial charge in [0.05, 0.1) is 17.9 Å². The highest BCUT2D eigenvalue weighted by molar-refractivity contribution is 5.82.